The summed E-state index contributed by atoms with van der Waals surface area (Å²) in [6.45, 7) is -0.317. The first-order chi connectivity index (χ1) is 16.8. The van der Waals surface area contributed by atoms with Crippen molar-refractivity contribution in [2.75, 3.05) is 19.0 Å². The van der Waals surface area contributed by atoms with E-state index in [2.05, 4.69) is 10.3 Å². The lowest BCUT2D eigenvalue weighted by Gasteiger charge is -2.28. The van der Waals surface area contributed by atoms with Crippen molar-refractivity contribution in [3.63, 3.8) is 0 Å². The molecule has 2 heterocycles. The van der Waals surface area contributed by atoms with Crippen molar-refractivity contribution >= 4 is 29.4 Å². The molecule has 2 aromatic carbocycles. The molecule has 0 spiro atoms. The highest BCUT2D eigenvalue weighted by Crippen LogP contribution is 2.39. The van der Waals surface area contributed by atoms with E-state index in [9.17, 15) is 18.8 Å². The number of fused-ring (bicyclic) bond motifs is 1. The van der Waals surface area contributed by atoms with Crippen LogP contribution in [0.1, 0.15) is 29.0 Å². The molecule has 35 heavy (non-hydrogen) atoms. The molecule has 2 amide bonds. The number of carbonyl (C=O) groups is 2. The standard InChI is InChI=1S/C24H23FN4O5S/c1-29-22-21(23(32)28-24(29)35-12-14-5-3-4-6-16(14)25)15(10-20(31)27-22)13-7-8-17(18(9-13)33-2)34-11-19(26)30/h3-9,15H,10-12H2,1-2H3,(H2,26,30)(H,27,31)/t15-/m1/s1. The number of carbonyl (C=O) groups excluding carboxylic acids is 2. The SMILES string of the molecule is COc1cc([C@H]2CC(=O)Nc3c2c(=O)nc(SCc2ccccc2F)n3C)ccc1OCC(N)=O. The molecule has 1 aliphatic heterocycles. The van der Waals surface area contributed by atoms with Crippen LogP contribution in [0.4, 0.5) is 10.2 Å². The normalized spacial score (nSPS) is 14.7. The smallest absolute Gasteiger partial charge is 0.279 e. The molecule has 1 atom stereocenters. The van der Waals surface area contributed by atoms with Crippen molar-refractivity contribution in [3.05, 3.63) is 75.3 Å². The second-order valence-corrected chi connectivity index (χ2v) is 8.81. The van der Waals surface area contributed by atoms with Crippen LogP contribution in [0.3, 0.4) is 0 Å². The largest absolute Gasteiger partial charge is 0.493 e. The van der Waals surface area contributed by atoms with Gasteiger partial charge in [-0.15, -0.1) is 0 Å². The Morgan fingerprint density at radius 3 is 2.74 bits per heavy atom. The fourth-order valence-electron chi connectivity index (χ4n) is 3.88. The van der Waals surface area contributed by atoms with E-state index in [0.29, 0.717) is 39.2 Å². The third-order valence-electron chi connectivity index (χ3n) is 5.58. The van der Waals surface area contributed by atoms with Crippen LogP contribution in [-0.4, -0.2) is 35.1 Å². The van der Waals surface area contributed by atoms with Gasteiger partial charge in [-0.2, -0.15) is 4.98 Å². The van der Waals surface area contributed by atoms with E-state index < -0.39 is 17.4 Å². The monoisotopic (exact) mass is 498 g/mol. The first-order valence-corrected chi connectivity index (χ1v) is 11.6. The van der Waals surface area contributed by atoms with E-state index in [4.69, 9.17) is 15.2 Å². The van der Waals surface area contributed by atoms with Gasteiger partial charge in [0.25, 0.3) is 11.5 Å². The molecule has 11 heteroatoms. The van der Waals surface area contributed by atoms with Crippen LogP contribution in [0.2, 0.25) is 0 Å². The van der Waals surface area contributed by atoms with Crippen molar-refractivity contribution < 1.29 is 23.5 Å². The van der Waals surface area contributed by atoms with E-state index in [1.54, 1.807) is 48.0 Å². The number of rotatable bonds is 8. The molecule has 182 valence electrons. The predicted octanol–water partition coefficient (Wildman–Crippen LogP) is 2.56. The van der Waals surface area contributed by atoms with E-state index in [-0.39, 0.29) is 30.5 Å². The van der Waals surface area contributed by atoms with Crippen molar-refractivity contribution in [3.8, 4) is 11.5 Å². The molecule has 0 aliphatic carbocycles. The van der Waals surface area contributed by atoms with Gasteiger partial charge in [-0.3, -0.25) is 14.4 Å². The van der Waals surface area contributed by atoms with E-state index in [1.165, 1.54) is 24.9 Å². The molecule has 0 radical (unpaired) electrons. The number of anilines is 1. The number of methoxy groups -OCH3 is 1. The summed E-state index contributed by atoms with van der Waals surface area (Å²) < 4.78 is 26.4. The van der Waals surface area contributed by atoms with Gasteiger partial charge < -0.3 is 25.1 Å². The number of thioether (sulfide) groups is 1. The maximum absolute atomic E-state index is 14.0. The van der Waals surface area contributed by atoms with Crippen LogP contribution in [0.15, 0.2) is 52.4 Å². The van der Waals surface area contributed by atoms with Gasteiger partial charge in [0.1, 0.15) is 11.6 Å². The first-order valence-electron chi connectivity index (χ1n) is 10.6. The number of primary amides is 1. The van der Waals surface area contributed by atoms with Crippen molar-refractivity contribution in [1.29, 1.82) is 0 Å². The molecule has 3 aromatic rings. The Labute approximate surface area is 204 Å². The summed E-state index contributed by atoms with van der Waals surface area (Å²) in [6, 6.07) is 11.3. The average molecular weight is 499 g/mol. The summed E-state index contributed by atoms with van der Waals surface area (Å²) >= 11 is 1.20. The molecule has 1 aliphatic rings. The van der Waals surface area contributed by atoms with Crippen LogP contribution in [0.5, 0.6) is 11.5 Å². The van der Waals surface area contributed by atoms with Gasteiger partial charge in [0, 0.05) is 25.1 Å². The number of ether oxygens (including phenoxy) is 2. The van der Waals surface area contributed by atoms with Crippen LogP contribution >= 0.6 is 11.8 Å². The summed E-state index contributed by atoms with van der Waals surface area (Å²) in [5.41, 5.74) is 6.13. The fraction of sp³-hybridized carbons (Fsp3) is 0.250. The zero-order valence-corrected chi connectivity index (χ0v) is 19.9. The lowest BCUT2D eigenvalue weighted by atomic mass is 9.86. The lowest BCUT2D eigenvalue weighted by molar-refractivity contribution is -0.120. The first kappa shape index (κ1) is 24.3. The minimum absolute atomic E-state index is 0.0380. The zero-order valence-electron chi connectivity index (χ0n) is 19.0. The number of aromatic nitrogens is 2. The van der Waals surface area contributed by atoms with E-state index >= 15 is 0 Å². The third kappa shape index (κ3) is 5.14. The topological polar surface area (TPSA) is 126 Å². The molecule has 4 rings (SSSR count). The Hall–Kier alpha value is -3.86. The summed E-state index contributed by atoms with van der Waals surface area (Å²) in [5, 5.41) is 3.13. The molecule has 0 unspecified atom stereocenters. The van der Waals surface area contributed by atoms with Gasteiger partial charge >= 0.3 is 0 Å². The molecule has 1 aromatic heterocycles. The highest BCUT2D eigenvalue weighted by molar-refractivity contribution is 7.98. The van der Waals surface area contributed by atoms with Crippen LogP contribution < -0.4 is 26.1 Å². The van der Waals surface area contributed by atoms with Gasteiger partial charge in [-0.1, -0.05) is 36.0 Å². The van der Waals surface area contributed by atoms with Crippen molar-refractivity contribution in [1.82, 2.24) is 9.55 Å². The summed E-state index contributed by atoms with van der Waals surface area (Å²) in [6.07, 6.45) is 0.0380. The van der Waals surface area contributed by atoms with Gasteiger partial charge in [0.05, 0.1) is 12.7 Å². The molecule has 3 N–H and O–H groups in total. The minimum Gasteiger partial charge on any atom is -0.493 e. The number of hydrogen-bond donors (Lipinski definition) is 2. The average Bonchev–Trinajstić information content (AvgIpc) is 2.84. The summed E-state index contributed by atoms with van der Waals surface area (Å²) in [7, 11) is 3.14. The van der Waals surface area contributed by atoms with Crippen LogP contribution in [-0.2, 0) is 22.4 Å². The van der Waals surface area contributed by atoms with Crippen molar-refractivity contribution in [2.24, 2.45) is 12.8 Å². The number of nitrogens with one attached hydrogen (secondary N) is 1. The molecule has 0 fully saturated rings. The molecule has 0 saturated carbocycles. The molecule has 0 bridgehead atoms. The maximum Gasteiger partial charge on any atom is 0.279 e. The highest BCUT2D eigenvalue weighted by Gasteiger charge is 2.32. The fourth-order valence-corrected chi connectivity index (χ4v) is 4.83. The summed E-state index contributed by atoms with van der Waals surface area (Å²) in [4.78, 5) is 41.0. The zero-order chi connectivity index (χ0) is 25.1. The number of halogens is 1. The van der Waals surface area contributed by atoms with Gasteiger partial charge in [-0.05, 0) is 29.3 Å². The summed E-state index contributed by atoms with van der Waals surface area (Å²) in [5.74, 6) is -0.556. The Balaban J connectivity index is 1.69. The van der Waals surface area contributed by atoms with Gasteiger partial charge in [-0.25, -0.2) is 4.39 Å². The third-order valence-corrected chi connectivity index (χ3v) is 6.65. The Kier molecular flexibility index (Phi) is 7.06. The number of nitrogens with zero attached hydrogens (tertiary/aromatic N) is 2. The van der Waals surface area contributed by atoms with E-state index in [1.807, 2.05) is 0 Å². The van der Waals surface area contributed by atoms with Crippen LogP contribution in [0.25, 0.3) is 0 Å². The highest BCUT2D eigenvalue weighted by atomic mass is 32.2. The second-order valence-electron chi connectivity index (χ2n) is 7.87. The number of amides is 2. The number of nitrogens with two attached hydrogens (primary N) is 1. The predicted molar refractivity (Wildman–Crippen MR) is 128 cm³/mol. The maximum atomic E-state index is 14.0. The lowest BCUT2D eigenvalue weighted by Crippen LogP contribution is -2.33. The van der Waals surface area contributed by atoms with Gasteiger partial charge in [0.2, 0.25) is 5.91 Å². The van der Waals surface area contributed by atoms with Crippen LogP contribution in [0, 0.1) is 5.82 Å². The van der Waals surface area contributed by atoms with Crippen molar-refractivity contribution in [2.45, 2.75) is 23.2 Å². The number of hydrogen-bond acceptors (Lipinski definition) is 7. The minimum atomic E-state index is -0.632. The van der Waals surface area contributed by atoms with E-state index in [0.717, 1.165) is 0 Å². The second kappa shape index (κ2) is 10.2. The molecular weight excluding hydrogens is 475 g/mol. The Morgan fingerprint density at radius 1 is 1.26 bits per heavy atom. The Morgan fingerprint density at radius 2 is 2.03 bits per heavy atom. The molecule has 9 nitrogen and oxygen atoms in total. The van der Waals surface area contributed by atoms with Gasteiger partial charge in [0.15, 0.2) is 23.3 Å². The number of benzene rings is 2. The molecule has 0 saturated heterocycles. The Bertz CT molecular complexity index is 1360. The quantitative estimate of drug-likeness (QED) is 0.361. The molecular formula is C24H23FN4O5S.